The van der Waals surface area contributed by atoms with Crippen LogP contribution in [0.2, 0.25) is 0 Å². The smallest absolute Gasteiger partial charge is 0.00801 e. The molecule has 0 spiro atoms. The first-order valence-corrected chi connectivity index (χ1v) is 7.61. The summed E-state index contributed by atoms with van der Waals surface area (Å²) in [5.74, 6) is 0. The molecule has 0 heterocycles. The Kier molecular flexibility index (Phi) is 5.25. The quantitative estimate of drug-likeness (QED) is 0.784. The standard InChI is InChI=1S/C16H34N2/c1-12(2)17-11-16(7)9-14(18-13(3)4)8-15(5,6)10-16/h12-14,17-18H,8-11H2,1-7H3/t14-,16+/m1/s1. The van der Waals surface area contributed by atoms with Crippen molar-refractivity contribution in [3.05, 3.63) is 0 Å². The molecule has 108 valence electrons. The van der Waals surface area contributed by atoms with Crippen LogP contribution in [0.15, 0.2) is 0 Å². The second kappa shape index (κ2) is 5.92. The molecule has 1 saturated carbocycles. The molecule has 2 heteroatoms. The summed E-state index contributed by atoms with van der Waals surface area (Å²) in [6, 6.07) is 1.85. The third-order valence-electron chi connectivity index (χ3n) is 3.95. The van der Waals surface area contributed by atoms with E-state index in [-0.39, 0.29) is 0 Å². The van der Waals surface area contributed by atoms with Crippen LogP contribution in [0.3, 0.4) is 0 Å². The molecule has 1 aliphatic rings. The lowest BCUT2D eigenvalue weighted by molar-refractivity contribution is 0.0661. The van der Waals surface area contributed by atoms with E-state index in [1.807, 2.05) is 0 Å². The Morgan fingerprint density at radius 2 is 1.61 bits per heavy atom. The minimum atomic E-state index is 0.429. The molecule has 2 nitrogen and oxygen atoms in total. The highest BCUT2D eigenvalue weighted by Gasteiger charge is 2.41. The van der Waals surface area contributed by atoms with E-state index in [2.05, 4.69) is 59.1 Å². The first-order valence-electron chi connectivity index (χ1n) is 7.61. The molecule has 0 aliphatic heterocycles. The molecule has 2 N–H and O–H groups in total. The minimum Gasteiger partial charge on any atom is -0.314 e. The van der Waals surface area contributed by atoms with Crippen molar-refractivity contribution >= 4 is 0 Å². The maximum Gasteiger partial charge on any atom is 0.00801 e. The van der Waals surface area contributed by atoms with Crippen molar-refractivity contribution in [2.45, 2.75) is 85.9 Å². The lowest BCUT2D eigenvalue weighted by Gasteiger charge is -2.48. The van der Waals surface area contributed by atoms with Gasteiger partial charge in [-0.25, -0.2) is 0 Å². The second-order valence-electron chi connectivity index (χ2n) is 8.11. The first kappa shape index (κ1) is 16.0. The third-order valence-corrected chi connectivity index (χ3v) is 3.95. The molecule has 1 aliphatic carbocycles. The minimum absolute atomic E-state index is 0.429. The average molecular weight is 254 g/mol. The van der Waals surface area contributed by atoms with Crippen LogP contribution < -0.4 is 10.6 Å². The molecule has 1 fully saturated rings. The van der Waals surface area contributed by atoms with Gasteiger partial charge in [-0.15, -0.1) is 0 Å². The van der Waals surface area contributed by atoms with Crippen LogP contribution in [0.1, 0.15) is 67.7 Å². The third kappa shape index (κ3) is 5.27. The Balaban J connectivity index is 2.66. The molecule has 2 atom stereocenters. The molecular formula is C16H34N2. The number of nitrogens with one attached hydrogen (secondary N) is 2. The number of hydrogen-bond acceptors (Lipinski definition) is 2. The van der Waals surface area contributed by atoms with Gasteiger partial charge in [0.1, 0.15) is 0 Å². The maximum atomic E-state index is 3.75. The van der Waals surface area contributed by atoms with Gasteiger partial charge in [0, 0.05) is 24.7 Å². The maximum absolute atomic E-state index is 3.75. The van der Waals surface area contributed by atoms with Crippen LogP contribution in [-0.2, 0) is 0 Å². The van der Waals surface area contributed by atoms with Crippen molar-refractivity contribution in [1.29, 1.82) is 0 Å². The monoisotopic (exact) mass is 254 g/mol. The summed E-state index contributed by atoms with van der Waals surface area (Å²) in [5.41, 5.74) is 0.886. The SMILES string of the molecule is CC(C)NC[C@@]1(C)C[C@H](NC(C)C)CC(C)(C)C1. The largest absolute Gasteiger partial charge is 0.314 e. The summed E-state index contributed by atoms with van der Waals surface area (Å²) >= 11 is 0. The van der Waals surface area contributed by atoms with Gasteiger partial charge in [-0.1, -0.05) is 48.5 Å². The van der Waals surface area contributed by atoms with E-state index in [9.17, 15) is 0 Å². The Bertz CT molecular complexity index is 258. The second-order valence-corrected chi connectivity index (χ2v) is 8.11. The van der Waals surface area contributed by atoms with Crippen molar-refractivity contribution in [2.75, 3.05) is 6.54 Å². The molecule has 0 unspecified atom stereocenters. The molecule has 1 rings (SSSR count). The van der Waals surface area contributed by atoms with E-state index in [4.69, 9.17) is 0 Å². The Labute approximate surface area is 114 Å². The normalized spacial score (nSPS) is 32.2. The van der Waals surface area contributed by atoms with E-state index in [1.54, 1.807) is 0 Å². The molecule has 0 bridgehead atoms. The van der Waals surface area contributed by atoms with Crippen molar-refractivity contribution in [3.63, 3.8) is 0 Å². The number of rotatable bonds is 5. The first-order chi connectivity index (χ1) is 8.12. The van der Waals surface area contributed by atoms with Gasteiger partial charge in [-0.3, -0.25) is 0 Å². The summed E-state index contributed by atoms with van der Waals surface area (Å²) in [4.78, 5) is 0. The highest BCUT2D eigenvalue weighted by molar-refractivity contribution is 4.95. The van der Waals surface area contributed by atoms with Crippen molar-refractivity contribution in [1.82, 2.24) is 10.6 Å². The van der Waals surface area contributed by atoms with Crippen molar-refractivity contribution in [2.24, 2.45) is 10.8 Å². The lowest BCUT2D eigenvalue weighted by Crippen LogP contribution is -2.50. The zero-order valence-corrected chi connectivity index (χ0v) is 13.6. The van der Waals surface area contributed by atoms with Crippen LogP contribution in [0, 0.1) is 10.8 Å². The number of hydrogen-bond donors (Lipinski definition) is 2. The van der Waals surface area contributed by atoms with Crippen LogP contribution in [0.4, 0.5) is 0 Å². The predicted octanol–water partition coefficient (Wildman–Crippen LogP) is 3.57. The van der Waals surface area contributed by atoms with E-state index in [1.165, 1.54) is 19.3 Å². The van der Waals surface area contributed by atoms with Crippen molar-refractivity contribution < 1.29 is 0 Å². The average Bonchev–Trinajstić information content (AvgIpc) is 2.10. The fourth-order valence-electron chi connectivity index (χ4n) is 3.81. The summed E-state index contributed by atoms with van der Waals surface area (Å²) < 4.78 is 0. The van der Waals surface area contributed by atoms with E-state index in [0.29, 0.717) is 29.0 Å². The predicted molar refractivity (Wildman–Crippen MR) is 80.9 cm³/mol. The lowest BCUT2D eigenvalue weighted by atomic mass is 9.62. The van der Waals surface area contributed by atoms with Gasteiger partial charge in [0.2, 0.25) is 0 Å². The van der Waals surface area contributed by atoms with Gasteiger partial charge < -0.3 is 10.6 Å². The molecule has 18 heavy (non-hydrogen) atoms. The molecule has 0 amide bonds. The van der Waals surface area contributed by atoms with Crippen LogP contribution >= 0.6 is 0 Å². The summed E-state index contributed by atoms with van der Waals surface area (Å²) in [6.45, 7) is 17.4. The van der Waals surface area contributed by atoms with E-state index < -0.39 is 0 Å². The van der Waals surface area contributed by atoms with Crippen LogP contribution in [0.25, 0.3) is 0 Å². The Morgan fingerprint density at radius 1 is 1.00 bits per heavy atom. The van der Waals surface area contributed by atoms with E-state index >= 15 is 0 Å². The van der Waals surface area contributed by atoms with E-state index in [0.717, 1.165) is 6.54 Å². The summed E-state index contributed by atoms with van der Waals surface area (Å²) in [5, 5.41) is 7.39. The van der Waals surface area contributed by atoms with Gasteiger partial charge in [-0.2, -0.15) is 0 Å². The zero-order valence-electron chi connectivity index (χ0n) is 13.6. The van der Waals surface area contributed by atoms with Gasteiger partial charge in [0.05, 0.1) is 0 Å². The van der Waals surface area contributed by atoms with Gasteiger partial charge in [0.15, 0.2) is 0 Å². The van der Waals surface area contributed by atoms with Gasteiger partial charge in [-0.05, 0) is 30.1 Å². The molecule has 0 radical (unpaired) electrons. The molecule has 0 saturated heterocycles. The highest BCUT2D eigenvalue weighted by atomic mass is 15.0. The Hall–Kier alpha value is -0.0800. The highest BCUT2D eigenvalue weighted by Crippen LogP contribution is 2.45. The summed E-state index contributed by atoms with van der Waals surface area (Å²) in [6.07, 6.45) is 3.94. The fraction of sp³-hybridized carbons (Fsp3) is 1.00. The van der Waals surface area contributed by atoms with Gasteiger partial charge in [0.25, 0.3) is 0 Å². The fourth-order valence-corrected chi connectivity index (χ4v) is 3.81. The summed E-state index contributed by atoms with van der Waals surface area (Å²) in [7, 11) is 0. The molecule has 0 aromatic rings. The topological polar surface area (TPSA) is 24.1 Å². The van der Waals surface area contributed by atoms with Crippen LogP contribution in [0.5, 0.6) is 0 Å². The van der Waals surface area contributed by atoms with Gasteiger partial charge >= 0.3 is 0 Å². The van der Waals surface area contributed by atoms with Crippen LogP contribution in [-0.4, -0.2) is 24.7 Å². The molecule has 0 aromatic carbocycles. The molecular weight excluding hydrogens is 220 g/mol. The Morgan fingerprint density at radius 3 is 2.11 bits per heavy atom. The zero-order chi connectivity index (χ0) is 14.0. The molecule has 0 aromatic heterocycles. The van der Waals surface area contributed by atoms with Crippen molar-refractivity contribution in [3.8, 4) is 0 Å².